The molecule has 0 aromatic carbocycles. The quantitative estimate of drug-likeness (QED) is 0.692. The fourth-order valence-corrected chi connectivity index (χ4v) is 2.94. The highest BCUT2D eigenvalue weighted by Gasteiger charge is 2.53. The smallest absolute Gasteiger partial charge is 0.398 e. The van der Waals surface area contributed by atoms with Crippen molar-refractivity contribution in [1.82, 2.24) is 9.80 Å². The first kappa shape index (κ1) is 14.9. The van der Waals surface area contributed by atoms with Crippen LogP contribution in [0, 0.1) is 0 Å². The second kappa shape index (κ2) is 5.02. The first-order valence-electron chi connectivity index (χ1n) is 7.89. The molecule has 116 valence electrons. The van der Waals surface area contributed by atoms with Crippen molar-refractivity contribution in [1.29, 1.82) is 0 Å². The van der Waals surface area contributed by atoms with Crippen molar-refractivity contribution in [3.05, 3.63) is 11.8 Å². The molecule has 0 bridgehead atoms. The molecule has 3 heterocycles. The molecule has 0 aliphatic carbocycles. The SMILES string of the molecule is CN1CC(N2CCCC2)=NC=C1B1OC(C)(C)C(C)(C)O1. The Labute approximate surface area is 128 Å². The molecule has 3 rings (SSSR count). The number of likely N-dealkylation sites (N-methyl/N-ethyl adjacent to an activating group) is 1. The molecule has 5 nitrogen and oxygen atoms in total. The van der Waals surface area contributed by atoms with Gasteiger partial charge in [-0.25, -0.2) is 4.99 Å². The van der Waals surface area contributed by atoms with E-state index in [1.165, 1.54) is 12.8 Å². The van der Waals surface area contributed by atoms with E-state index in [-0.39, 0.29) is 18.3 Å². The molecule has 21 heavy (non-hydrogen) atoms. The maximum Gasteiger partial charge on any atom is 0.513 e. The van der Waals surface area contributed by atoms with Gasteiger partial charge in [0.05, 0.1) is 23.3 Å². The molecule has 2 fully saturated rings. The van der Waals surface area contributed by atoms with Crippen LogP contribution in [0.15, 0.2) is 16.8 Å². The summed E-state index contributed by atoms with van der Waals surface area (Å²) in [5.41, 5.74) is 0.396. The fourth-order valence-electron chi connectivity index (χ4n) is 2.94. The number of rotatable bonds is 1. The molecule has 0 atom stereocenters. The molecular formula is C15H26BN3O2. The number of hydrogen-bond donors (Lipinski definition) is 0. The minimum atomic E-state index is -0.330. The van der Waals surface area contributed by atoms with Crippen LogP contribution in [0.25, 0.3) is 0 Å². The predicted octanol–water partition coefficient (Wildman–Crippen LogP) is 1.90. The molecule has 2 saturated heterocycles. The predicted molar refractivity (Wildman–Crippen MR) is 85.0 cm³/mol. The molecule has 3 aliphatic rings. The van der Waals surface area contributed by atoms with Gasteiger partial charge >= 0.3 is 7.12 Å². The van der Waals surface area contributed by atoms with Crippen LogP contribution >= 0.6 is 0 Å². The van der Waals surface area contributed by atoms with Gasteiger partial charge < -0.3 is 19.1 Å². The second-order valence-electron chi connectivity index (χ2n) is 7.24. The maximum absolute atomic E-state index is 6.12. The molecule has 0 spiro atoms. The Morgan fingerprint density at radius 3 is 2.19 bits per heavy atom. The number of hydrogen-bond acceptors (Lipinski definition) is 5. The number of likely N-dealkylation sites (tertiary alicyclic amines) is 1. The summed E-state index contributed by atoms with van der Waals surface area (Å²) in [5.74, 6) is 1.16. The van der Waals surface area contributed by atoms with Gasteiger partial charge in [0.2, 0.25) is 0 Å². The van der Waals surface area contributed by atoms with E-state index in [1.54, 1.807) is 0 Å². The Morgan fingerprint density at radius 1 is 1.10 bits per heavy atom. The summed E-state index contributed by atoms with van der Waals surface area (Å²) >= 11 is 0. The topological polar surface area (TPSA) is 37.3 Å². The first-order valence-corrected chi connectivity index (χ1v) is 7.89. The Bertz CT molecular complexity index is 465. The van der Waals surface area contributed by atoms with Crippen molar-refractivity contribution >= 4 is 13.0 Å². The summed E-state index contributed by atoms with van der Waals surface area (Å²) in [7, 11) is 1.76. The van der Waals surface area contributed by atoms with Gasteiger partial charge in [-0.15, -0.1) is 0 Å². The summed E-state index contributed by atoms with van der Waals surface area (Å²) in [6.07, 6.45) is 4.46. The molecule has 0 saturated carbocycles. The van der Waals surface area contributed by atoms with Gasteiger partial charge in [-0.2, -0.15) is 0 Å². The van der Waals surface area contributed by atoms with Crippen LogP contribution in [0.3, 0.4) is 0 Å². The fraction of sp³-hybridized carbons (Fsp3) is 0.800. The third-order valence-corrected chi connectivity index (χ3v) is 5.13. The van der Waals surface area contributed by atoms with Crippen molar-refractivity contribution in [2.75, 3.05) is 26.7 Å². The standard InChI is InChI=1S/C15H26BN3O2/c1-14(2)15(3,4)21-16(20-14)12-10-17-13(11-18(12)5)19-8-6-7-9-19/h10H,6-9,11H2,1-5H3. The lowest BCUT2D eigenvalue weighted by molar-refractivity contribution is 0.00578. The number of nitrogens with zero attached hydrogens (tertiary/aromatic N) is 3. The van der Waals surface area contributed by atoms with Crippen LogP contribution in [0.4, 0.5) is 0 Å². The first-order chi connectivity index (χ1) is 9.80. The minimum Gasteiger partial charge on any atom is -0.398 e. The van der Waals surface area contributed by atoms with E-state index in [0.29, 0.717) is 0 Å². The van der Waals surface area contributed by atoms with Gasteiger partial charge in [0.1, 0.15) is 5.84 Å². The van der Waals surface area contributed by atoms with Gasteiger partial charge in [0.15, 0.2) is 0 Å². The molecule has 0 unspecified atom stereocenters. The summed E-state index contributed by atoms with van der Waals surface area (Å²) < 4.78 is 12.2. The molecule has 0 aromatic rings. The summed E-state index contributed by atoms with van der Waals surface area (Å²) in [6, 6.07) is 0. The summed E-state index contributed by atoms with van der Waals surface area (Å²) in [6.45, 7) is 11.4. The molecule has 6 heteroatoms. The minimum absolute atomic E-state index is 0.307. The van der Waals surface area contributed by atoms with Crippen LogP contribution in [0.2, 0.25) is 0 Å². The van der Waals surface area contributed by atoms with Gasteiger partial charge in [-0.1, -0.05) is 0 Å². The lowest BCUT2D eigenvalue weighted by Crippen LogP contribution is -2.43. The van der Waals surface area contributed by atoms with Gasteiger partial charge in [-0.3, -0.25) is 0 Å². The van der Waals surface area contributed by atoms with Gasteiger partial charge in [0.25, 0.3) is 0 Å². The van der Waals surface area contributed by atoms with Crippen molar-refractivity contribution in [2.45, 2.75) is 51.7 Å². The molecule has 0 radical (unpaired) electrons. The van der Waals surface area contributed by atoms with Crippen molar-refractivity contribution in [2.24, 2.45) is 4.99 Å². The third-order valence-electron chi connectivity index (χ3n) is 5.13. The Hall–Kier alpha value is -1.01. The van der Waals surface area contributed by atoms with Crippen molar-refractivity contribution < 1.29 is 9.31 Å². The lowest BCUT2D eigenvalue weighted by Gasteiger charge is -2.32. The average molecular weight is 291 g/mol. The highest BCUT2D eigenvalue weighted by Crippen LogP contribution is 2.39. The Kier molecular flexibility index (Phi) is 3.57. The molecule has 3 aliphatic heterocycles. The van der Waals surface area contributed by atoms with Crippen LogP contribution in [0.5, 0.6) is 0 Å². The Balaban J connectivity index is 1.77. The zero-order valence-corrected chi connectivity index (χ0v) is 13.8. The average Bonchev–Trinajstić information content (AvgIpc) is 2.96. The highest BCUT2D eigenvalue weighted by molar-refractivity contribution is 6.54. The van der Waals surface area contributed by atoms with Crippen LogP contribution < -0.4 is 0 Å². The van der Waals surface area contributed by atoms with Crippen LogP contribution in [-0.4, -0.2) is 60.6 Å². The van der Waals surface area contributed by atoms with E-state index in [9.17, 15) is 0 Å². The highest BCUT2D eigenvalue weighted by atomic mass is 16.7. The monoisotopic (exact) mass is 291 g/mol. The summed E-state index contributed by atoms with van der Waals surface area (Å²) in [4.78, 5) is 9.24. The Morgan fingerprint density at radius 2 is 1.67 bits per heavy atom. The molecular weight excluding hydrogens is 265 g/mol. The van der Waals surface area contributed by atoms with E-state index in [2.05, 4.69) is 49.5 Å². The summed E-state index contributed by atoms with van der Waals surface area (Å²) in [5, 5.41) is 0. The molecule has 0 N–H and O–H groups in total. The van der Waals surface area contributed by atoms with Crippen LogP contribution in [0.1, 0.15) is 40.5 Å². The van der Waals surface area contributed by atoms with E-state index >= 15 is 0 Å². The largest absolute Gasteiger partial charge is 0.513 e. The lowest BCUT2D eigenvalue weighted by atomic mass is 9.83. The van der Waals surface area contributed by atoms with E-state index in [1.807, 2.05) is 6.20 Å². The van der Waals surface area contributed by atoms with Gasteiger partial charge in [-0.05, 0) is 40.5 Å². The second-order valence-corrected chi connectivity index (χ2v) is 7.24. The normalized spacial score (nSPS) is 28.0. The number of amidine groups is 1. The van der Waals surface area contributed by atoms with E-state index in [4.69, 9.17) is 9.31 Å². The maximum atomic E-state index is 6.12. The van der Waals surface area contributed by atoms with E-state index < -0.39 is 0 Å². The van der Waals surface area contributed by atoms with E-state index in [0.717, 1.165) is 31.1 Å². The van der Waals surface area contributed by atoms with Gasteiger partial charge in [0, 0.05) is 26.3 Å². The zero-order chi connectivity index (χ0) is 15.3. The zero-order valence-electron chi connectivity index (χ0n) is 13.8. The third kappa shape index (κ3) is 2.59. The molecule has 0 amide bonds. The number of aliphatic imine (C=N–C) groups is 1. The van der Waals surface area contributed by atoms with Crippen molar-refractivity contribution in [3.8, 4) is 0 Å². The molecule has 0 aromatic heterocycles. The van der Waals surface area contributed by atoms with Crippen LogP contribution in [-0.2, 0) is 9.31 Å². The van der Waals surface area contributed by atoms with Crippen molar-refractivity contribution in [3.63, 3.8) is 0 Å².